The predicted molar refractivity (Wildman–Crippen MR) is 59.7 cm³/mol. The van der Waals surface area contributed by atoms with Gasteiger partial charge in [-0.05, 0) is 31.0 Å². The average molecular weight is 204 g/mol. The maximum atomic E-state index is 5.49. The van der Waals surface area contributed by atoms with E-state index in [1.807, 2.05) is 6.07 Å². The van der Waals surface area contributed by atoms with Crippen LogP contribution in [0.15, 0.2) is 18.3 Å². The molecule has 2 heterocycles. The number of nitrogens with zero attached hydrogens (tertiary/aromatic N) is 3. The van der Waals surface area contributed by atoms with Crippen LogP contribution in [0.1, 0.15) is 24.7 Å². The molecule has 2 rings (SSSR count). The fourth-order valence-electron chi connectivity index (χ4n) is 1.68. The SMILES string of the molecule is CCc1nnc2ccc(CCCN)cn12. The van der Waals surface area contributed by atoms with E-state index >= 15 is 0 Å². The van der Waals surface area contributed by atoms with E-state index in [4.69, 9.17) is 5.73 Å². The van der Waals surface area contributed by atoms with Gasteiger partial charge in [-0.25, -0.2) is 0 Å². The zero-order chi connectivity index (χ0) is 10.7. The third kappa shape index (κ3) is 1.99. The van der Waals surface area contributed by atoms with Crippen molar-refractivity contribution in [1.29, 1.82) is 0 Å². The number of hydrogen-bond acceptors (Lipinski definition) is 3. The smallest absolute Gasteiger partial charge is 0.160 e. The Hall–Kier alpha value is -1.42. The first-order valence-corrected chi connectivity index (χ1v) is 5.37. The second-order valence-electron chi connectivity index (χ2n) is 3.63. The molecule has 0 atom stereocenters. The van der Waals surface area contributed by atoms with Gasteiger partial charge < -0.3 is 5.73 Å². The number of rotatable bonds is 4. The van der Waals surface area contributed by atoms with Gasteiger partial charge in [0.1, 0.15) is 5.82 Å². The second kappa shape index (κ2) is 4.40. The average Bonchev–Trinajstić information content (AvgIpc) is 2.68. The van der Waals surface area contributed by atoms with Gasteiger partial charge in [0.2, 0.25) is 0 Å². The van der Waals surface area contributed by atoms with Crippen LogP contribution in [0.3, 0.4) is 0 Å². The van der Waals surface area contributed by atoms with Gasteiger partial charge in [0, 0.05) is 12.6 Å². The van der Waals surface area contributed by atoms with Gasteiger partial charge in [-0.2, -0.15) is 0 Å². The maximum absolute atomic E-state index is 5.49. The second-order valence-corrected chi connectivity index (χ2v) is 3.63. The lowest BCUT2D eigenvalue weighted by molar-refractivity contribution is 0.822. The summed E-state index contributed by atoms with van der Waals surface area (Å²) >= 11 is 0. The molecule has 4 heteroatoms. The predicted octanol–water partition coefficient (Wildman–Crippen LogP) is 1.18. The van der Waals surface area contributed by atoms with E-state index in [0.29, 0.717) is 0 Å². The lowest BCUT2D eigenvalue weighted by atomic mass is 10.1. The summed E-state index contributed by atoms with van der Waals surface area (Å²) in [5.41, 5.74) is 7.71. The summed E-state index contributed by atoms with van der Waals surface area (Å²) in [6, 6.07) is 4.11. The normalized spacial score (nSPS) is 11.1. The van der Waals surface area contributed by atoms with E-state index in [0.717, 1.165) is 37.3 Å². The van der Waals surface area contributed by atoms with Crippen molar-refractivity contribution in [2.45, 2.75) is 26.2 Å². The van der Waals surface area contributed by atoms with Gasteiger partial charge >= 0.3 is 0 Å². The monoisotopic (exact) mass is 204 g/mol. The van der Waals surface area contributed by atoms with Crippen LogP contribution in [0.4, 0.5) is 0 Å². The van der Waals surface area contributed by atoms with Crippen LogP contribution in [-0.2, 0) is 12.8 Å². The number of nitrogens with two attached hydrogens (primary N) is 1. The largest absolute Gasteiger partial charge is 0.330 e. The number of fused-ring (bicyclic) bond motifs is 1. The van der Waals surface area contributed by atoms with Crippen LogP contribution in [0.25, 0.3) is 5.65 Å². The van der Waals surface area contributed by atoms with Crippen molar-refractivity contribution in [2.24, 2.45) is 5.73 Å². The lowest BCUT2D eigenvalue weighted by Crippen LogP contribution is -2.01. The molecular formula is C11H16N4. The molecule has 15 heavy (non-hydrogen) atoms. The van der Waals surface area contributed by atoms with Crippen molar-refractivity contribution in [1.82, 2.24) is 14.6 Å². The van der Waals surface area contributed by atoms with E-state index in [-0.39, 0.29) is 0 Å². The molecule has 2 aromatic heterocycles. The summed E-state index contributed by atoms with van der Waals surface area (Å²) in [7, 11) is 0. The zero-order valence-electron chi connectivity index (χ0n) is 8.98. The molecular weight excluding hydrogens is 188 g/mol. The van der Waals surface area contributed by atoms with E-state index in [9.17, 15) is 0 Å². The number of pyridine rings is 1. The zero-order valence-corrected chi connectivity index (χ0v) is 8.98. The van der Waals surface area contributed by atoms with Crippen LogP contribution in [0, 0.1) is 0 Å². The molecule has 0 amide bonds. The van der Waals surface area contributed by atoms with Crippen molar-refractivity contribution in [3.8, 4) is 0 Å². The lowest BCUT2D eigenvalue weighted by Gasteiger charge is -2.02. The Morgan fingerprint density at radius 3 is 2.93 bits per heavy atom. The highest BCUT2D eigenvalue weighted by Gasteiger charge is 2.03. The Labute approximate surface area is 89.1 Å². The first kappa shape index (κ1) is 10.1. The molecule has 0 aliphatic heterocycles. The fourth-order valence-corrected chi connectivity index (χ4v) is 1.68. The molecule has 0 unspecified atom stereocenters. The molecule has 0 saturated carbocycles. The summed E-state index contributed by atoms with van der Waals surface area (Å²) in [5.74, 6) is 1.01. The minimum atomic E-state index is 0.737. The standard InChI is InChI=1S/C11H16N4/c1-2-10-13-14-11-6-5-9(4-3-7-12)8-15(10)11/h5-6,8H,2-4,7,12H2,1H3. The fraction of sp³-hybridized carbons (Fsp3) is 0.455. The van der Waals surface area contributed by atoms with Gasteiger partial charge in [0.15, 0.2) is 5.65 Å². The van der Waals surface area contributed by atoms with Gasteiger partial charge in [0.05, 0.1) is 0 Å². The highest BCUT2D eigenvalue weighted by Crippen LogP contribution is 2.08. The summed E-state index contributed by atoms with van der Waals surface area (Å²) in [4.78, 5) is 0. The summed E-state index contributed by atoms with van der Waals surface area (Å²) in [5, 5.41) is 8.22. The molecule has 2 aromatic rings. The summed E-state index contributed by atoms with van der Waals surface area (Å²) in [6.45, 7) is 2.82. The van der Waals surface area contributed by atoms with Crippen LogP contribution < -0.4 is 5.73 Å². The third-order valence-corrected chi connectivity index (χ3v) is 2.52. The van der Waals surface area contributed by atoms with Crippen LogP contribution in [0.2, 0.25) is 0 Å². The van der Waals surface area contributed by atoms with E-state index in [1.165, 1.54) is 5.56 Å². The molecule has 4 nitrogen and oxygen atoms in total. The van der Waals surface area contributed by atoms with E-state index in [2.05, 4.69) is 33.8 Å². The van der Waals surface area contributed by atoms with Crippen molar-refractivity contribution in [2.75, 3.05) is 6.54 Å². The number of hydrogen-bond donors (Lipinski definition) is 1. The molecule has 0 aliphatic carbocycles. The number of aryl methyl sites for hydroxylation is 2. The quantitative estimate of drug-likeness (QED) is 0.813. The number of aromatic nitrogens is 3. The third-order valence-electron chi connectivity index (χ3n) is 2.52. The van der Waals surface area contributed by atoms with Crippen LogP contribution in [0.5, 0.6) is 0 Å². The summed E-state index contributed by atoms with van der Waals surface area (Å²) < 4.78 is 2.06. The van der Waals surface area contributed by atoms with Gasteiger partial charge in [-0.1, -0.05) is 13.0 Å². The maximum Gasteiger partial charge on any atom is 0.160 e. The van der Waals surface area contributed by atoms with Gasteiger partial charge in [-0.3, -0.25) is 4.40 Å². The molecule has 80 valence electrons. The minimum Gasteiger partial charge on any atom is -0.330 e. The van der Waals surface area contributed by atoms with Gasteiger partial charge in [0.25, 0.3) is 0 Å². The van der Waals surface area contributed by atoms with Crippen molar-refractivity contribution in [3.63, 3.8) is 0 Å². The van der Waals surface area contributed by atoms with E-state index < -0.39 is 0 Å². The Morgan fingerprint density at radius 2 is 2.20 bits per heavy atom. The van der Waals surface area contributed by atoms with Crippen molar-refractivity contribution in [3.05, 3.63) is 29.7 Å². The molecule has 0 aliphatic rings. The highest BCUT2D eigenvalue weighted by atomic mass is 15.2. The Bertz CT molecular complexity index is 447. The molecule has 0 saturated heterocycles. The van der Waals surface area contributed by atoms with Crippen LogP contribution >= 0.6 is 0 Å². The Balaban J connectivity index is 2.35. The van der Waals surface area contributed by atoms with E-state index in [1.54, 1.807) is 0 Å². The first-order chi connectivity index (χ1) is 7.35. The molecule has 0 bridgehead atoms. The van der Waals surface area contributed by atoms with Crippen molar-refractivity contribution < 1.29 is 0 Å². The first-order valence-electron chi connectivity index (χ1n) is 5.37. The van der Waals surface area contributed by atoms with Crippen molar-refractivity contribution >= 4 is 5.65 Å². The summed E-state index contributed by atoms with van der Waals surface area (Å²) in [6.07, 6.45) is 5.06. The molecule has 0 radical (unpaired) electrons. The minimum absolute atomic E-state index is 0.737. The molecule has 0 spiro atoms. The molecule has 2 N–H and O–H groups in total. The molecule has 0 fully saturated rings. The van der Waals surface area contributed by atoms with Gasteiger partial charge in [-0.15, -0.1) is 10.2 Å². The molecule has 0 aromatic carbocycles. The highest BCUT2D eigenvalue weighted by molar-refractivity contribution is 5.39. The Morgan fingerprint density at radius 1 is 1.33 bits per heavy atom. The Kier molecular flexibility index (Phi) is 2.97. The topological polar surface area (TPSA) is 56.2 Å². The van der Waals surface area contributed by atoms with Crippen LogP contribution in [-0.4, -0.2) is 21.1 Å².